The van der Waals surface area contributed by atoms with E-state index >= 15 is 0 Å². The fourth-order valence-corrected chi connectivity index (χ4v) is 1.47. The number of benzene rings is 1. The summed E-state index contributed by atoms with van der Waals surface area (Å²) in [5.41, 5.74) is 0.0140. The summed E-state index contributed by atoms with van der Waals surface area (Å²) in [6.07, 6.45) is 0.948. The van der Waals surface area contributed by atoms with Crippen LogP contribution in [0.3, 0.4) is 0 Å². The molecule has 0 aliphatic rings. The number of nitrogens with one attached hydrogen (secondary N) is 1. The zero-order valence-corrected chi connectivity index (χ0v) is 10.1. The monoisotopic (exact) mass is 284 g/mol. The van der Waals surface area contributed by atoms with E-state index in [1.54, 1.807) is 6.07 Å². The minimum atomic E-state index is -0.563. The van der Waals surface area contributed by atoms with Crippen LogP contribution < -0.4 is 5.32 Å². The lowest BCUT2D eigenvalue weighted by Gasteiger charge is -2.05. The number of nitriles is 1. The molecule has 5 heteroatoms. The summed E-state index contributed by atoms with van der Waals surface area (Å²) >= 11 is 3.11. The van der Waals surface area contributed by atoms with Gasteiger partial charge in [-0.1, -0.05) is 15.9 Å². The number of halogens is 2. The molecule has 1 rings (SSSR count). The number of carbonyl (C=O) groups is 1. The van der Waals surface area contributed by atoms with E-state index in [2.05, 4.69) is 21.2 Å². The van der Waals surface area contributed by atoms with Gasteiger partial charge < -0.3 is 5.32 Å². The third-order valence-corrected chi connectivity index (χ3v) is 2.42. The van der Waals surface area contributed by atoms with Crippen molar-refractivity contribution in [3.63, 3.8) is 0 Å². The maximum absolute atomic E-state index is 13.3. The highest BCUT2D eigenvalue weighted by Gasteiger charge is 2.10. The molecule has 0 bridgehead atoms. The molecule has 0 spiro atoms. The fraction of sp³-hybridized carbons (Fsp3) is 0.273. The van der Waals surface area contributed by atoms with E-state index in [1.165, 1.54) is 12.1 Å². The standard InChI is InChI=1S/C11H10BrFN2O/c12-8-3-4-9(10(13)7-8)11(16)15-6-2-1-5-14/h3-4,7H,1-2,6H2,(H,15,16). The lowest BCUT2D eigenvalue weighted by Crippen LogP contribution is -2.25. The third kappa shape index (κ3) is 3.63. The minimum absolute atomic E-state index is 0.0140. The molecule has 16 heavy (non-hydrogen) atoms. The van der Waals surface area contributed by atoms with Crippen LogP contribution in [-0.2, 0) is 0 Å². The fourth-order valence-electron chi connectivity index (χ4n) is 1.14. The van der Waals surface area contributed by atoms with Gasteiger partial charge in [-0.05, 0) is 24.6 Å². The Labute approximate surface area is 101 Å². The Morgan fingerprint density at radius 3 is 2.94 bits per heavy atom. The highest BCUT2D eigenvalue weighted by Crippen LogP contribution is 2.15. The third-order valence-electron chi connectivity index (χ3n) is 1.93. The molecule has 0 fully saturated rings. The lowest BCUT2D eigenvalue weighted by molar-refractivity contribution is 0.0949. The number of amides is 1. The first kappa shape index (κ1) is 12.7. The minimum Gasteiger partial charge on any atom is -0.352 e. The van der Waals surface area contributed by atoms with Crippen LogP contribution in [0.4, 0.5) is 4.39 Å². The van der Waals surface area contributed by atoms with Crippen LogP contribution >= 0.6 is 15.9 Å². The van der Waals surface area contributed by atoms with Gasteiger partial charge in [-0.15, -0.1) is 0 Å². The molecule has 3 nitrogen and oxygen atoms in total. The number of rotatable bonds is 4. The molecule has 0 radical (unpaired) electrons. The molecule has 1 N–H and O–H groups in total. The second-order valence-corrected chi connectivity index (χ2v) is 4.06. The average Bonchev–Trinajstić information content (AvgIpc) is 2.24. The average molecular weight is 285 g/mol. The first-order valence-electron chi connectivity index (χ1n) is 4.75. The van der Waals surface area contributed by atoms with Gasteiger partial charge in [0.2, 0.25) is 0 Å². The second kappa shape index (κ2) is 6.23. The van der Waals surface area contributed by atoms with Crippen LogP contribution in [0.25, 0.3) is 0 Å². The summed E-state index contributed by atoms with van der Waals surface area (Å²) in [6, 6.07) is 6.23. The molecule has 84 valence electrons. The van der Waals surface area contributed by atoms with E-state index in [0.29, 0.717) is 23.9 Å². The van der Waals surface area contributed by atoms with Crippen LogP contribution in [0.5, 0.6) is 0 Å². The molecule has 0 saturated carbocycles. The normalized spacial score (nSPS) is 9.56. The van der Waals surface area contributed by atoms with Gasteiger partial charge in [0.25, 0.3) is 5.91 Å². The summed E-state index contributed by atoms with van der Waals surface area (Å²) in [5.74, 6) is -1.02. The Bertz CT molecular complexity index is 428. The van der Waals surface area contributed by atoms with Gasteiger partial charge in [0.15, 0.2) is 0 Å². The van der Waals surface area contributed by atoms with E-state index < -0.39 is 11.7 Å². The van der Waals surface area contributed by atoms with Gasteiger partial charge in [-0.3, -0.25) is 4.79 Å². The molecule has 0 aliphatic heterocycles. The van der Waals surface area contributed by atoms with Gasteiger partial charge in [0.1, 0.15) is 5.82 Å². The van der Waals surface area contributed by atoms with E-state index in [4.69, 9.17) is 5.26 Å². The van der Waals surface area contributed by atoms with Crippen molar-refractivity contribution >= 4 is 21.8 Å². The molecule has 0 aromatic heterocycles. The largest absolute Gasteiger partial charge is 0.352 e. The first-order chi connectivity index (χ1) is 7.65. The molecule has 1 aromatic rings. The number of carbonyl (C=O) groups excluding carboxylic acids is 1. The molecule has 1 aromatic carbocycles. The zero-order chi connectivity index (χ0) is 12.0. The van der Waals surface area contributed by atoms with Crippen LogP contribution in [-0.4, -0.2) is 12.5 Å². The predicted octanol–water partition coefficient (Wildman–Crippen LogP) is 2.62. The Kier molecular flexibility index (Phi) is 4.93. The molecule has 0 atom stereocenters. The Balaban J connectivity index is 2.57. The predicted molar refractivity (Wildman–Crippen MR) is 61.3 cm³/mol. The Morgan fingerprint density at radius 2 is 2.31 bits per heavy atom. The van der Waals surface area contributed by atoms with Crippen molar-refractivity contribution in [1.29, 1.82) is 5.26 Å². The summed E-state index contributed by atoms with van der Waals surface area (Å²) in [7, 11) is 0. The highest BCUT2D eigenvalue weighted by atomic mass is 79.9. The summed E-state index contributed by atoms with van der Waals surface area (Å²) in [6.45, 7) is 0.377. The number of hydrogen-bond acceptors (Lipinski definition) is 2. The van der Waals surface area contributed by atoms with Crippen molar-refractivity contribution in [3.05, 3.63) is 34.1 Å². The number of hydrogen-bond donors (Lipinski definition) is 1. The quantitative estimate of drug-likeness (QED) is 0.864. The van der Waals surface area contributed by atoms with Gasteiger partial charge in [-0.25, -0.2) is 4.39 Å². The van der Waals surface area contributed by atoms with Crippen molar-refractivity contribution in [2.75, 3.05) is 6.54 Å². The molecular formula is C11H10BrFN2O. The lowest BCUT2D eigenvalue weighted by atomic mass is 10.2. The van der Waals surface area contributed by atoms with E-state index in [9.17, 15) is 9.18 Å². The van der Waals surface area contributed by atoms with Crippen LogP contribution in [0, 0.1) is 17.1 Å². The maximum Gasteiger partial charge on any atom is 0.254 e. The SMILES string of the molecule is N#CCCCNC(=O)c1ccc(Br)cc1F. The summed E-state index contributed by atoms with van der Waals surface area (Å²) < 4.78 is 13.9. The smallest absolute Gasteiger partial charge is 0.254 e. The van der Waals surface area contributed by atoms with Crippen LogP contribution in [0.15, 0.2) is 22.7 Å². The van der Waals surface area contributed by atoms with E-state index in [-0.39, 0.29) is 5.56 Å². The number of unbranched alkanes of at least 4 members (excludes halogenated alkanes) is 1. The van der Waals surface area contributed by atoms with Crippen molar-refractivity contribution in [1.82, 2.24) is 5.32 Å². The maximum atomic E-state index is 13.3. The molecule has 0 saturated heterocycles. The summed E-state index contributed by atoms with van der Waals surface area (Å²) in [4.78, 5) is 11.5. The Hall–Kier alpha value is -1.41. The second-order valence-electron chi connectivity index (χ2n) is 3.14. The highest BCUT2D eigenvalue weighted by molar-refractivity contribution is 9.10. The molecule has 1 amide bonds. The van der Waals surface area contributed by atoms with Crippen molar-refractivity contribution in [2.24, 2.45) is 0 Å². The Morgan fingerprint density at radius 1 is 1.56 bits per heavy atom. The van der Waals surface area contributed by atoms with Crippen LogP contribution in [0.1, 0.15) is 23.2 Å². The summed E-state index contributed by atoms with van der Waals surface area (Å²) in [5, 5.41) is 10.8. The molecule has 0 heterocycles. The van der Waals surface area contributed by atoms with Crippen molar-refractivity contribution < 1.29 is 9.18 Å². The van der Waals surface area contributed by atoms with E-state index in [1.807, 2.05) is 6.07 Å². The van der Waals surface area contributed by atoms with Gasteiger partial charge in [0.05, 0.1) is 11.6 Å². The van der Waals surface area contributed by atoms with Gasteiger partial charge in [0, 0.05) is 17.4 Å². The van der Waals surface area contributed by atoms with Crippen molar-refractivity contribution in [3.8, 4) is 6.07 Å². The van der Waals surface area contributed by atoms with Gasteiger partial charge >= 0.3 is 0 Å². The van der Waals surface area contributed by atoms with Crippen molar-refractivity contribution in [2.45, 2.75) is 12.8 Å². The molecule has 0 aliphatic carbocycles. The first-order valence-corrected chi connectivity index (χ1v) is 5.54. The van der Waals surface area contributed by atoms with Crippen LogP contribution in [0.2, 0.25) is 0 Å². The topological polar surface area (TPSA) is 52.9 Å². The van der Waals surface area contributed by atoms with E-state index in [0.717, 1.165) is 0 Å². The number of nitrogens with zero attached hydrogens (tertiary/aromatic N) is 1. The molecular weight excluding hydrogens is 275 g/mol. The molecule has 0 unspecified atom stereocenters. The zero-order valence-electron chi connectivity index (χ0n) is 8.46. The van der Waals surface area contributed by atoms with Gasteiger partial charge in [-0.2, -0.15) is 5.26 Å².